The van der Waals surface area contributed by atoms with Crippen molar-refractivity contribution in [3.8, 4) is 0 Å². The third kappa shape index (κ3) is 3.73. The van der Waals surface area contributed by atoms with Crippen LogP contribution in [0.25, 0.3) is 22.4 Å². The molecule has 4 heteroatoms. The van der Waals surface area contributed by atoms with Gasteiger partial charge < -0.3 is 0 Å². The van der Waals surface area contributed by atoms with Crippen molar-refractivity contribution in [2.75, 3.05) is 0 Å². The van der Waals surface area contributed by atoms with Gasteiger partial charge in [-0.1, -0.05) is 102 Å². The second-order valence-electron chi connectivity index (χ2n) is 9.61. The number of halogens is 3. The molecule has 3 aromatic carbocycles. The van der Waals surface area contributed by atoms with E-state index >= 15 is 0 Å². The van der Waals surface area contributed by atoms with Crippen LogP contribution in [-0.4, -0.2) is 5.71 Å². The van der Waals surface area contributed by atoms with E-state index in [0.717, 1.165) is 35.7 Å². The summed E-state index contributed by atoms with van der Waals surface area (Å²) in [5.74, 6) is 0. The summed E-state index contributed by atoms with van der Waals surface area (Å²) in [5, 5.41) is 4.01. The lowest BCUT2D eigenvalue weighted by Gasteiger charge is -2.40. The Balaban J connectivity index is 0.000000149. The number of fused-ring (bicyclic) bond motifs is 8. The first-order valence-electron chi connectivity index (χ1n) is 12.0. The molecule has 0 fully saturated rings. The summed E-state index contributed by atoms with van der Waals surface area (Å²) in [4.78, 5) is 4.57. The molecular formula is C31H24Cl3N. The number of rotatable bonds is 0. The summed E-state index contributed by atoms with van der Waals surface area (Å²) in [5.41, 5.74) is 8.58. The van der Waals surface area contributed by atoms with Crippen molar-refractivity contribution >= 4 is 68.6 Å². The average Bonchev–Trinajstić information content (AvgIpc) is 3.25. The molecule has 1 unspecified atom stereocenters. The van der Waals surface area contributed by atoms with Crippen molar-refractivity contribution in [1.29, 1.82) is 0 Å². The van der Waals surface area contributed by atoms with Crippen LogP contribution in [0.15, 0.2) is 83.4 Å². The maximum absolute atomic E-state index is 6.72. The maximum Gasteiger partial charge on any atom is 0.0712 e. The lowest BCUT2D eigenvalue weighted by atomic mass is 9.65. The molecule has 35 heavy (non-hydrogen) atoms. The molecule has 0 N–H and O–H groups in total. The van der Waals surface area contributed by atoms with E-state index in [4.69, 9.17) is 34.8 Å². The zero-order valence-electron chi connectivity index (χ0n) is 19.4. The van der Waals surface area contributed by atoms with E-state index in [1.54, 1.807) is 0 Å². The van der Waals surface area contributed by atoms with Crippen LogP contribution in [0.5, 0.6) is 0 Å². The third-order valence-electron chi connectivity index (χ3n) is 7.52. The van der Waals surface area contributed by atoms with Crippen LogP contribution in [0.2, 0.25) is 15.1 Å². The minimum Gasteiger partial charge on any atom is -0.252 e. The molecule has 1 heterocycles. The molecule has 0 spiro atoms. The van der Waals surface area contributed by atoms with Crippen molar-refractivity contribution in [1.82, 2.24) is 0 Å². The quantitative estimate of drug-likeness (QED) is 0.282. The highest BCUT2D eigenvalue weighted by atomic mass is 35.5. The fourth-order valence-electron chi connectivity index (χ4n) is 5.75. The summed E-state index contributed by atoms with van der Waals surface area (Å²) in [6.45, 7) is 2.28. The lowest BCUT2D eigenvalue weighted by molar-refractivity contribution is 0.473. The molecule has 7 rings (SSSR count). The Morgan fingerprint density at radius 2 is 1.80 bits per heavy atom. The molecule has 4 aliphatic rings. The predicted octanol–water partition coefficient (Wildman–Crippen LogP) is 10.3. The highest BCUT2D eigenvalue weighted by molar-refractivity contribution is 6.46. The average molecular weight is 517 g/mol. The first-order chi connectivity index (χ1) is 17.0. The molecule has 0 saturated heterocycles. The molecule has 0 aromatic heterocycles. The van der Waals surface area contributed by atoms with Gasteiger partial charge in [-0.2, -0.15) is 0 Å². The molecular weight excluding hydrogens is 493 g/mol. The Kier molecular flexibility index (Phi) is 5.76. The van der Waals surface area contributed by atoms with Crippen LogP contribution in [0.3, 0.4) is 0 Å². The highest BCUT2D eigenvalue weighted by Crippen LogP contribution is 2.52. The van der Waals surface area contributed by atoms with Gasteiger partial charge in [0.25, 0.3) is 0 Å². The minimum atomic E-state index is -0.0448. The van der Waals surface area contributed by atoms with Crippen LogP contribution >= 0.6 is 34.8 Å². The first kappa shape index (κ1) is 22.9. The van der Waals surface area contributed by atoms with E-state index < -0.39 is 0 Å². The van der Waals surface area contributed by atoms with Gasteiger partial charge in [0.05, 0.1) is 21.4 Å². The zero-order valence-corrected chi connectivity index (χ0v) is 21.7. The molecule has 1 atom stereocenters. The molecule has 174 valence electrons. The number of allylic oxidation sites excluding steroid dienone is 7. The van der Waals surface area contributed by atoms with Gasteiger partial charge in [-0.25, -0.2) is 0 Å². The van der Waals surface area contributed by atoms with E-state index in [1.807, 2.05) is 24.3 Å². The lowest BCUT2D eigenvalue weighted by Crippen LogP contribution is -2.30. The molecule has 0 amide bonds. The van der Waals surface area contributed by atoms with E-state index in [9.17, 15) is 0 Å². The topological polar surface area (TPSA) is 12.4 Å². The van der Waals surface area contributed by atoms with Crippen molar-refractivity contribution < 1.29 is 0 Å². The van der Waals surface area contributed by atoms with Gasteiger partial charge in [-0.3, -0.25) is 4.99 Å². The summed E-state index contributed by atoms with van der Waals surface area (Å²) >= 11 is 19.4. The summed E-state index contributed by atoms with van der Waals surface area (Å²) in [6.07, 6.45) is 17.5. The summed E-state index contributed by atoms with van der Waals surface area (Å²) in [7, 11) is 0. The molecule has 3 aliphatic carbocycles. The fraction of sp³-hybridized carbons (Fsp3) is 0.194. The van der Waals surface area contributed by atoms with Gasteiger partial charge in [-0.15, -0.1) is 0 Å². The predicted molar refractivity (Wildman–Crippen MR) is 153 cm³/mol. The Morgan fingerprint density at radius 1 is 0.943 bits per heavy atom. The van der Waals surface area contributed by atoms with Crippen molar-refractivity contribution in [2.24, 2.45) is 4.99 Å². The van der Waals surface area contributed by atoms with Crippen LogP contribution in [0.1, 0.15) is 49.3 Å². The van der Waals surface area contributed by atoms with E-state index in [-0.39, 0.29) is 5.41 Å². The van der Waals surface area contributed by atoms with Crippen LogP contribution in [-0.2, 0) is 5.41 Å². The first-order valence-corrected chi connectivity index (χ1v) is 13.1. The Bertz CT molecular complexity index is 1540. The summed E-state index contributed by atoms with van der Waals surface area (Å²) in [6, 6.07) is 14.2. The second kappa shape index (κ2) is 8.82. The van der Waals surface area contributed by atoms with E-state index in [1.165, 1.54) is 40.0 Å². The van der Waals surface area contributed by atoms with Crippen molar-refractivity contribution in [3.05, 3.63) is 110 Å². The van der Waals surface area contributed by atoms with Gasteiger partial charge in [0.15, 0.2) is 0 Å². The summed E-state index contributed by atoms with van der Waals surface area (Å²) < 4.78 is 0. The maximum atomic E-state index is 6.72. The van der Waals surface area contributed by atoms with E-state index in [2.05, 4.69) is 66.6 Å². The van der Waals surface area contributed by atoms with E-state index in [0.29, 0.717) is 15.1 Å². The number of nitrogens with zero attached hydrogens (tertiary/aromatic N) is 1. The van der Waals surface area contributed by atoms with Gasteiger partial charge in [0.2, 0.25) is 0 Å². The SMILES string of the molecule is C1=CCC2=Nc3ccccc3C2=C1.CC12CCCC=C1C=Cc1c2c(Cl)c(Cl)c2cc(Cl)ccc12. The van der Waals surface area contributed by atoms with Crippen LogP contribution in [0, 0.1) is 0 Å². The number of benzene rings is 3. The molecule has 0 bridgehead atoms. The molecule has 0 saturated carbocycles. The van der Waals surface area contributed by atoms with Gasteiger partial charge in [0.1, 0.15) is 0 Å². The number of aliphatic imine (C=N–C) groups is 1. The monoisotopic (exact) mass is 515 g/mol. The standard InChI is InChI=1S/C19H15Cl3.C12H9N/c1-19-9-3-2-4-11(19)5-7-14-13-8-6-12(20)10-15(13)17(21)18(22)16(14)19;1-3-7-11-9(5-1)10-6-2-4-8-12(10)13-11/h4-8,10H,2-3,9H2,1H3;1-7H,8H2. The number of hydrogen-bond acceptors (Lipinski definition) is 1. The van der Waals surface area contributed by atoms with Crippen molar-refractivity contribution in [2.45, 2.75) is 38.0 Å². The number of para-hydroxylation sites is 1. The Morgan fingerprint density at radius 3 is 2.69 bits per heavy atom. The van der Waals surface area contributed by atoms with Crippen LogP contribution in [0.4, 0.5) is 5.69 Å². The number of hydrogen-bond donors (Lipinski definition) is 0. The smallest absolute Gasteiger partial charge is 0.0712 e. The van der Waals surface area contributed by atoms with Gasteiger partial charge in [0, 0.05) is 33.4 Å². The minimum absolute atomic E-state index is 0.0448. The van der Waals surface area contributed by atoms with Gasteiger partial charge in [-0.05, 0) is 59.5 Å². The second-order valence-corrected chi connectivity index (χ2v) is 10.8. The van der Waals surface area contributed by atoms with Gasteiger partial charge >= 0.3 is 0 Å². The molecule has 1 aliphatic heterocycles. The highest BCUT2D eigenvalue weighted by Gasteiger charge is 2.38. The third-order valence-corrected chi connectivity index (χ3v) is 8.63. The normalized spacial score (nSPS) is 21.1. The molecule has 3 aromatic rings. The molecule has 1 nitrogen and oxygen atoms in total. The Hall–Kier alpha value is -2.58. The zero-order chi connectivity index (χ0) is 24.2. The molecule has 0 radical (unpaired) electrons. The Labute approximate surface area is 221 Å². The van der Waals surface area contributed by atoms with Crippen LogP contribution < -0.4 is 0 Å². The van der Waals surface area contributed by atoms with Crippen molar-refractivity contribution in [3.63, 3.8) is 0 Å². The fourth-order valence-corrected chi connectivity index (χ4v) is 6.58. The largest absolute Gasteiger partial charge is 0.252 e.